The summed E-state index contributed by atoms with van der Waals surface area (Å²) in [5, 5.41) is 0.488. The highest BCUT2D eigenvalue weighted by Crippen LogP contribution is 2.31. The quantitative estimate of drug-likeness (QED) is 0.861. The van der Waals surface area contributed by atoms with Crippen molar-refractivity contribution in [1.29, 1.82) is 0 Å². The second kappa shape index (κ2) is 5.51. The minimum Gasteiger partial charge on any atom is -0.320 e. The second-order valence-electron chi connectivity index (χ2n) is 5.06. The molecular weight excluding hydrogens is 280 g/mol. The van der Waals surface area contributed by atoms with E-state index < -0.39 is 17.7 Å². The minimum absolute atomic E-state index is 0.244. The highest BCUT2D eigenvalue weighted by Gasteiger charge is 2.19. The summed E-state index contributed by atoms with van der Waals surface area (Å²) in [6.45, 7) is 5.46. The van der Waals surface area contributed by atoms with Crippen molar-refractivity contribution < 1.29 is 8.78 Å². The van der Waals surface area contributed by atoms with Gasteiger partial charge >= 0.3 is 0 Å². The van der Waals surface area contributed by atoms with Crippen molar-refractivity contribution in [2.24, 2.45) is 5.73 Å². The molecule has 106 valence electrons. The van der Waals surface area contributed by atoms with Crippen LogP contribution in [0.1, 0.15) is 33.9 Å². The Bertz CT molecular complexity index is 611. The van der Waals surface area contributed by atoms with Crippen molar-refractivity contribution >= 4 is 11.6 Å². The fourth-order valence-corrected chi connectivity index (χ4v) is 2.46. The van der Waals surface area contributed by atoms with Crippen molar-refractivity contribution in [3.05, 3.63) is 68.7 Å². The van der Waals surface area contributed by atoms with Crippen LogP contribution in [0.2, 0.25) is 5.02 Å². The lowest BCUT2D eigenvalue weighted by Crippen LogP contribution is -2.15. The molecule has 1 atom stereocenters. The molecule has 4 heteroatoms. The number of halogens is 3. The Labute approximate surface area is 122 Å². The van der Waals surface area contributed by atoms with E-state index in [-0.39, 0.29) is 5.56 Å². The standard InChI is InChI=1S/C16H16ClF2N/c1-8-4-11(13(17)6-9(8)2)16(20)12-5-10(3)14(18)7-15(12)19/h4-7,16H,20H2,1-3H3. The Morgan fingerprint density at radius 2 is 1.40 bits per heavy atom. The molecule has 2 rings (SSSR count). The van der Waals surface area contributed by atoms with Crippen LogP contribution >= 0.6 is 11.6 Å². The van der Waals surface area contributed by atoms with Gasteiger partial charge in [0.25, 0.3) is 0 Å². The monoisotopic (exact) mass is 295 g/mol. The maximum Gasteiger partial charge on any atom is 0.131 e. The fraction of sp³-hybridized carbons (Fsp3) is 0.250. The fourth-order valence-electron chi connectivity index (χ4n) is 2.13. The zero-order chi connectivity index (χ0) is 15.0. The summed E-state index contributed by atoms with van der Waals surface area (Å²) in [6.07, 6.45) is 0. The molecule has 20 heavy (non-hydrogen) atoms. The third kappa shape index (κ3) is 2.69. The van der Waals surface area contributed by atoms with Crippen molar-refractivity contribution in [2.75, 3.05) is 0 Å². The average Bonchev–Trinajstić information content (AvgIpc) is 2.37. The summed E-state index contributed by atoms with van der Waals surface area (Å²) in [5.41, 5.74) is 9.42. The third-order valence-corrected chi connectivity index (χ3v) is 3.89. The summed E-state index contributed by atoms with van der Waals surface area (Å²) >= 11 is 6.19. The first-order valence-electron chi connectivity index (χ1n) is 6.29. The molecule has 0 amide bonds. The van der Waals surface area contributed by atoms with Gasteiger partial charge in [-0.2, -0.15) is 0 Å². The predicted molar refractivity (Wildman–Crippen MR) is 78.1 cm³/mol. The van der Waals surface area contributed by atoms with Crippen LogP contribution < -0.4 is 5.73 Å². The summed E-state index contributed by atoms with van der Waals surface area (Å²) in [6, 6.07) is 5.22. The molecule has 0 fully saturated rings. The lowest BCUT2D eigenvalue weighted by molar-refractivity contribution is 0.561. The summed E-state index contributed by atoms with van der Waals surface area (Å²) < 4.78 is 27.2. The zero-order valence-electron chi connectivity index (χ0n) is 11.6. The van der Waals surface area contributed by atoms with Crippen LogP contribution in [0, 0.1) is 32.4 Å². The van der Waals surface area contributed by atoms with Gasteiger partial charge in [-0.1, -0.05) is 17.7 Å². The van der Waals surface area contributed by atoms with Crippen LogP contribution in [0.4, 0.5) is 8.78 Å². The Morgan fingerprint density at radius 3 is 2.05 bits per heavy atom. The highest BCUT2D eigenvalue weighted by molar-refractivity contribution is 6.31. The Kier molecular flexibility index (Phi) is 4.11. The lowest BCUT2D eigenvalue weighted by atomic mass is 9.95. The van der Waals surface area contributed by atoms with Gasteiger partial charge in [0.05, 0.1) is 6.04 Å². The van der Waals surface area contributed by atoms with E-state index in [2.05, 4.69) is 0 Å². The van der Waals surface area contributed by atoms with E-state index >= 15 is 0 Å². The molecule has 0 aromatic heterocycles. The second-order valence-corrected chi connectivity index (χ2v) is 5.47. The highest BCUT2D eigenvalue weighted by atomic mass is 35.5. The van der Waals surface area contributed by atoms with E-state index in [0.717, 1.165) is 17.2 Å². The lowest BCUT2D eigenvalue weighted by Gasteiger charge is -2.17. The first kappa shape index (κ1) is 14.9. The molecule has 0 saturated heterocycles. The number of aryl methyl sites for hydroxylation is 3. The SMILES string of the molecule is Cc1cc(Cl)c(C(N)c2cc(C)c(F)cc2F)cc1C. The van der Waals surface area contributed by atoms with Crippen LogP contribution in [-0.4, -0.2) is 0 Å². The van der Waals surface area contributed by atoms with Crippen LogP contribution in [0.15, 0.2) is 24.3 Å². The molecule has 0 aliphatic heterocycles. The smallest absolute Gasteiger partial charge is 0.131 e. The van der Waals surface area contributed by atoms with E-state index in [4.69, 9.17) is 17.3 Å². The van der Waals surface area contributed by atoms with E-state index in [9.17, 15) is 8.78 Å². The van der Waals surface area contributed by atoms with E-state index in [0.29, 0.717) is 16.1 Å². The van der Waals surface area contributed by atoms with Gasteiger partial charge < -0.3 is 5.73 Å². The Balaban J connectivity index is 2.54. The topological polar surface area (TPSA) is 26.0 Å². The molecule has 0 heterocycles. The molecule has 2 N–H and O–H groups in total. The number of hydrogen-bond donors (Lipinski definition) is 1. The van der Waals surface area contributed by atoms with Crippen molar-refractivity contribution in [2.45, 2.75) is 26.8 Å². The average molecular weight is 296 g/mol. The van der Waals surface area contributed by atoms with E-state index in [1.807, 2.05) is 19.9 Å². The first-order chi connectivity index (χ1) is 9.31. The Morgan fingerprint density at radius 1 is 0.850 bits per heavy atom. The first-order valence-corrected chi connectivity index (χ1v) is 6.66. The van der Waals surface area contributed by atoms with E-state index in [1.54, 1.807) is 13.0 Å². The maximum absolute atomic E-state index is 13.9. The van der Waals surface area contributed by atoms with Crippen LogP contribution in [0.5, 0.6) is 0 Å². The van der Waals surface area contributed by atoms with Crippen molar-refractivity contribution in [3.63, 3.8) is 0 Å². The molecule has 0 aliphatic carbocycles. The van der Waals surface area contributed by atoms with Gasteiger partial charge in [-0.15, -0.1) is 0 Å². The number of hydrogen-bond acceptors (Lipinski definition) is 1. The molecule has 0 radical (unpaired) electrons. The van der Waals surface area contributed by atoms with Gasteiger partial charge in [-0.05, 0) is 55.2 Å². The minimum atomic E-state index is -0.721. The largest absolute Gasteiger partial charge is 0.320 e. The van der Waals surface area contributed by atoms with Gasteiger partial charge in [-0.25, -0.2) is 8.78 Å². The van der Waals surface area contributed by atoms with Crippen LogP contribution in [-0.2, 0) is 0 Å². The summed E-state index contributed by atoms with van der Waals surface area (Å²) in [5.74, 6) is -1.24. The molecule has 1 unspecified atom stereocenters. The molecule has 0 spiro atoms. The molecule has 0 bridgehead atoms. The van der Waals surface area contributed by atoms with Crippen LogP contribution in [0.25, 0.3) is 0 Å². The van der Waals surface area contributed by atoms with Crippen LogP contribution in [0.3, 0.4) is 0 Å². The molecule has 2 aromatic carbocycles. The van der Waals surface area contributed by atoms with Crippen molar-refractivity contribution in [1.82, 2.24) is 0 Å². The van der Waals surface area contributed by atoms with Gasteiger partial charge in [0.1, 0.15) is 11.6 Å². The van der Waals surface area contributed by atoms with Gasteiger partial charge in [0.2, 0.25) is 0 Å². The molecule has 0 saturated carbocycles. The summed E-state index contributed by atoms with van der Waals surface area (Å²) in [7, 11) is 0. The third-order valence-electron chi connectivity index (χ3n) is 3.56. The van der Waals surface area contributed by atoms with E-state index in [1.165, 1.54) is 6.07 Å². The molecule has 2 aromatic rings. The van der Waals surface area contributed by atoms with Gasteiger partial charge in [-0.3, -0.25) is 0 Å². The number of nitrogens with two attached hydrogens (primary N) is 1. The van der Waals surface area contributed by atoms with Gasteiger partial charge in [0, 0.05) is 16.7 Å². The molecular formula is C16H16ClF2N. The predicted octanol–water partition coefficient (Wildman–Crippen LogP) is 4.59. The van der Waals surface area contributed by atoms with Gasteiger partial charge in [0.15, 0.2) is 0 Å². The molecule has 0 aliphatic rings. The molecule has 1 nitrogen and oxygen atoms in total. The number of benzene rings is 2. The normalized spacial score (nSPS) is 12.6. The summed E-state index contributed by atoms with van der Waals surface area (Å²) in [4.78, 5) is 0. The maximum atomic E-state index is 13.9. The number of rotatable bonds is 2. The Hall–Kier alpha value is -1.45. The zero-order valence-corrected chi connectivity index (χ0v) is 12.4. The van der Waals surface area contributed by atoms with Crippen molar-refractivity contribution in [3.8, 4) is 0 Å².